The number of anilines is 1. The largest absolute Gasteiger partial charge is 0.487 e. The minimum Gasteiger partial charge on any atom is -0.487 e. The van der Waals surface area contributed by atoms with Gasteiger partial charge in [-0.1, -0.05) is 23.8 Å². The molecule has 1 atom stereocenters. The fourth-order valence-electron chi connectivity index (χ4n) is 3.50. The summed E-state index contributed by atoms with van der Waals surface area (Å²) in [7, 11) is -3.78. The topological polar surface area (TPSA) is 75.7 Å². The molecule has 156 valence electrons. The predicted molar refractivity (Wildman–Crippen MR) is 110 cm³/mol. The van der Waals surface area contributed by atoms with Gasteiger partial charge in [0.05, 0.1) is 18.0 Å². The van der Waals surface area contributed by atoms with Gasteiger partial charge in [-0.3, -0.25) is 9.10 Å². The summed E-state index contributed by atoms with van der Waals surface area (Å²) < 4.78 is 44.9. The van der Waals surface area contributed by atoms with Crippen LogP contribution in [0, 0.1) is 12.7 Å². The molecule has 6 nitrogen and oxygen atoms in total. The van der Waals surface area contributed by atoms with Gasteiger partial charge in [-0.15, -0.1) is 0 Å². The summed E-state index contributed by atoms with van der Waals surface area (Å²) in [5.74, 6) is -0.357. The van der Waals surface area contributed by atoms with Crippen LogP contribution in [-0.4, -0.2) is 32.7 Å². The first kappa shape index (κ1) is 21.1. The molecule has 1 heterocycles. The smallest absolute Gasteiger partial charge is 0.241 e. The third kappa shape index (κ3) is 5.06. The molecule has 1 unspecified atom stereocenters. The van der Waals surface area contributed by atoms with Gasteiger partial charge < -0.3 is 10.1 Å². The van der Waals surface area contributed by atoms with E-state index in [4.69, 9.17) is 4.74 Å². The van der Waals surface area contributed by atoms with E-state index >= 15 is 0 Å². The molecule has 1 aliphatic heterocycles. The van der Waals surface area contributed by atoms with Crippen molar-refractivity contribution in [3.05, 3.63) is 59.4 Å². The van der Waals surface area contributed by atoms with Gasteiger partial charge >= 0.3 is 0 Å². The predicted octanol–water partition coefficient (Wildman–Crippen LogP) is 3.32. The van der Waals surface area contributed by atoms with Gasteiger partial charge in [0.25, 0.3) is 0 Å². The van der Waals surface area contributed by atoms with E-state index in [9.17, 15) is 17.6 Å². The maximum absolute atomic E-state index is 13.6. The summed E-state index contributed by atoms with van der Waals surface area (Å²) in [6.45, 7) is 5.38. The lowest BCUT2D eigenvalue weighted by atomic mass is 9.89. The summed E-state index contributed by atoms with van der Waals surface area (Å²) in [5.41, 5.74) is 1.50. The molecular weight excluding hydrogens is 395 g/mol. The van der Waals surface area contributed by atoms with Crippen LogP contribution in [0.2, 0.25) is 0 Å². The number of carbonyl (C=O) groups is 1. The molecule has 0 spiro atoms. The van der Waals surface area contributed by atoms with Gasteiger partial charge in [0.1, 0.15) is 23.7 Å². The Morgan fingerprint density at radius 2 is 2.00 bits per heavy atom. The van der Waals surface area contributed by atoms with E-state index in [1.165, 1.54) is 18.2 Å². The molecule has 0 fully saturated rings. The van der Waals surface area contributed by atoms with Crippen molar-refractivity contribution in [2.75, 3.05) is 17.1 Å². The highest BCUT2D eigenvalue weighted by Crippen LogP contribution is 2.39. The molecule has 2 aromatic rings. The first-order valence-corrected chi connectivity index (χ1v) is 11.1. The monoisotopic (exact) mass is 420 g/mol. The normalized spacial score (nSPS) is 17.8. The minimum absolute atomic E-state index is 0.103. The molecule has 0 aromatic heterocycles. The number of halogens is 1. The summed E-state index contributed by atoms with van der Waals surface area (Å²) in [5, 5.41) is 2.93. The summed E-state index contributed by atoms with van der Waals surface area (Å²) in [6.07, 6.45) is 1.52. The number of fused-ring (bicyclic) bond motifs is 1. The van der Waals surface area contributed by atoms with E-state index in [2.05, 4.69) is 5.32 Å². The van der Waals surface area contributed by atoms with Gasteiger partial charge in [0.2, 0.25) is 15.9 Å². The average molecular weight is 421 g/mol. The number of nitrogens with zero attached hydrogens (tertiary/aromatic N) is 1. The van der Waals surface area contributed by atoms with Crippen LogP contribution in [0.4, 0.5) is 10.1 Å². The van der Waals surface area contributed by atoms with Crippen LogP contribution in [0.15, 0.2) is 42.5 Å². The van der Waals surface area contributed by atoms with Crippen molar-refractivity contribution in [1.29, 1.82) is 0 Å². The van der Waals surface area contributed by atoms with Gasteiger partial charge in [0.15, 0.2) is 0 Å². The molecule has 0 saturated carbocycles. The fourth-order valence-corrected chi connectivity index (χ4v) is 4.35. The van der Waals surface area contributed by atoms with Crippen molar-refractivity contribution >= 4 is 21.6 Å². The average Bonchev–Trinajstić information content (AvgIpc) is 2.58. The number of hydrogen-bond acceptors (Lipinski definition) is 4. The second kappa shape index (κ2) is 7.67. The van der Waals surface area contributed by atoms with Crippen LogP contribution in [0.1, 0.15) is 37.4 Å². The van der Waals surface area contributed by atoms with Crippen molar-refractivity contribution in [1.82, 2.24) is 5.32 Å². The first-order valence-electron chi connectivity index (χ1n) is 9.27. The molecule has 1 aliphatic rings. The van der Waals surface area contributed by atoms with E-state index < -0.39 is 33.9 Å². The van der Waals surface area contributed by atoms with Gasteiger partial charge in [-0.05, 0) is 45.0 Å². The molecule has 0 radical (unpaired) electrons. The van der Waals surface area contributed by atoms with Crippen LogP contribution >= 0.6 is 0 Å². The zero-order chi connectivity index (χ0) is 21.4. The number of amides is 1. The van der Waals surface area contributed by atoms with Crippen molar-refractivity contribution in [2.45, 2.75) is 38.8 Å². The number of benzene rings is 2. The third-order valence-electron chi connectivity index (χ3n) is 4.74. The quantitative estimate of drug-likeness (QED) is 0.805. The number of ether oxygens (including phenoxy) is 1. The Bertz CT molecular complexity index is 1040. The molecule has 1 amide bonds. The van der Waals surface area contributed by atoms with Crippen LogP contribution in [-0.2, 0) is 14.8 Å². The molecular formula is C21H25FN2O4S. The van der Waals surface area contributed by atoms with Crippen molar-refractivity contribution in [2.24, 2.45) is 0 Å². The van der Waals surface area contributed by atoms with Crippen LogP contribution in [0.3, 0.4) is 0 Å². The first-order chi connectivity index (χ1) is 13.4. The molecule has 0 bridgehead atoms. The molecule has 0 aliphatic carbocycles. The van der Waals surface area contributed by atoms with Crippen molar-refractivity contribution in [3.63, 3.8) is 0 Å². The number of carbonyl (C=O) groups excluding carboxylic acids is 1. The number of rotatable bonds is 5. The Labute approximate surface area is 170 Å². The lowest BCUT2D eigenvalue weighted by molar-refractivity contribution is -0.120. The lowest BCUT2D eigenvalue weighted by Crippen LogP contribution is -2.45. The maximum Gasteiger partial charge on any atom is 0.241 e. The third-order valence-corrected chi connectivity index (χ3v) is 5.88. The van der Waals surface area contributed by atoms with E-state index in [0.717, 1.165) is 27.8 Å². The van der Waals surface area contributed by atoms with Crippen LogP contribution in [0.5, 0.6) is 5.75 Å². The van der Waals surface area contributed by atoms with Crippen molar-refractivity contribution < 1.29 is 22.3 Å². The lowest BCUT2D eigenvalue weighted by Gasteiger charge is -2.38. The number of nitrogens with one attached hydrogen (secondary N) is 1. The fraction of sp³-hybridized carbons (Fsp3) is 0.381. The van der Waals surface area contributed by atoms with Crippen molar-refractivity contribution in [3.8, 4) is 5.75 Å². The second-order valence-corrected chi connectivity index (χ2v) is 9.88. The van der Waals surface area contributed by atoms with Gasteiger partial charge in [-0.25, -0.2) is 12.8 Å². The molecule has 29 heavy (non-hydrogen) atoms. The Kier molecular flexibility index (Phi) is 5.58. The summed E-state index contributed by atoms with van der Waals surface area (Å²) in [6, 6.07) is 10.6. The Morgan fingerprint density at radius 3 is 2.66 bits per heavy atom. The highest BCUT2D eigenvalue weighted by molar-refractivity contribution is 7.92. The SMILES string of the molecule is Cc1ccc2c(c1)C(NC(=O)CN(c1cccc(F)c1)S(C)(=O)=O)CC(C)(C)O2. The van der Waals surface area contributed by atoms with Gasteiger partial charge in [0, 0.05) is 12.0 Å². The second-order valence-electron chi connectivity index (χ2n) is 7.98. The Balaban J connectivity index is 1.85. The number of sulfonamides is 1. The van der Waals surface area contributed by atoms with Crippen LogP contribution in [0.25, 0.3) is 0 Å². The molecule has 1 N–H and O–H groups in total. The highest BCUT2D eigenvalue weighted by Gasteiger charge is 2.35. The van der Waals surface area contributed by atoms with E-state index in [1.807, 2.05) is 39.0 Å². The molecule has 0 saturated heterocycles. The van der Waals surface area contributed by atoms with E-state index in [1.54, 1.807) is 0 Å². The van der Waals surface area contributed by atoms with E-state index in [-0.39, 0.29) is 11.7 Å². The number of hydrogen-bond donors (Lipinski definition) is 1. The molecule has 2 aromatic carbocycles. The van der Waals surface area contributed by atoms with E-state index in [0.29, 0.717) is 12.2 Å². The zero-order valence-corrected chi connectivity index (χ0v) is 17.7. The van der Waals surface area contributed by atoms with Gasteiger partial charge in [-0.2, -0.15) is 0 Å². The summed E-state index contributed by atoms with van der Waals surface area (Å²) >= 11 is 0. The van der Waals surface area contributed by atoms with Crippen LogP contribution < -0.4 is 14.4 Å². The highest BCUT2D eigenvalue weighted by atomic mass is 32.2. The Hall–Kier alpha value is -2.61. The molecule has 8 heteroatoms. The zero-order valence-electron chi connectivity index (χ0n) is 16.9. The standard InChI is InChI=1S/C21H25FN2O4S/c1-14-8-9-19-17(10-14)18(12-21(2,3)28-19)23-20(25)13-24(29(4,26)27)16-7-5-6-15(22)11-16/h5-11,18H,12-13H2,1-4H3,(H,23,25). The Morgan fingerprint density at radius 1 is 1.28 bits per heavy atom. The molecule has 3 rings (SSSR count). The maximum atomic E-state index is 13.6. The minimum atomic E-state index is -3.78. The number of aryl methyl sites for hydroxylation is 1. The summed E-state index contributed by atoms with van der Waals surface area (Å²) in [4.78, 5) is 12.8.